The molecule has 0 radical (unpaired) electrons. The number of Topliss-reactive ketones (excluding diaryl/α,β-unsaturated/α-hetero) is 1. The fourth-order valence-electron chi connectivity index (χ4n) is 1.94. The molecule has 0 amide bonds. The van der Waals surface area contributed by atoms with E-state index in [-0.39, 0.29) is 17.9 Å². The number of nitriles is 2. The van der Waals surface area contributed by atoms with Gasteiger partial charge in [-0.15, -0.1) is 0 Å². The summed E-state index contributed by atoms with van der Waals surface area (Å²) >= 11 is 0. The zero-order valence-corrected chi connectivity index (χ0v) is 11.8. The number of anilines is 1. The quantitative estimate of drug-likeness (QED) is 0.625. The van der Waals surface area contributed by atoms with Crippen LogP contribution in [0.2, 0.25) is 0 Å². The van der Waals surface area contributed by atoms with E-state index in [4.69, 9.17) is 10.5 Å². The summed E-state index contributed by atoms with van der Waals surface area (Å²) in [5.74, 6) is -0.0871. The molecule has 0 aliphatic carbocycles. The molecular formula is C18H13N3O. The van der Waals surface area contributed by atoms with Crippen LogP contribution < -0.4 is 4.90 Å². The number of allylic oxidation sites excluding steroid dienone is 1. The van der Waals surface area contributed by atoms with Gasteiger partial charge in [-0.3, -0.25) is 4.79 Å². The maximum absolute atomic E-state index is 12.3. The molecule has 106 valence electrons. The third-order valence-corrected chi connectivity index (χ3v) is 3.02. The Kier molecular flexibility index (Phi) is 5.07. The second kappa shape index (κ2) is 7.42. The van der Waals surface area contributed by atoms with Gasteiger partial charge in [0.25, 0.3) is 0 Å². The minimum atomic E-state index is -0.0871. The van der Waals surface area contributed by atoms with E-state index in [1.54, 1.807) is 29.2 Å². The van der Waals surface area contributed by atoms with Crippen LogP contribution in [-0.4, -0.2) is 12.3 Å². The average Bonchev–Trinajstić information content (AvgIpc) is 2.60. The summed E-state index contributed by atoms with van der Waals surface area (Å²) in [6.45, 7) is 0.0564. The monoisotopic (exact) mass is 287 g/mol. The van der Waals surface area contributed by atoms with Gasteiger partial charge in [0.1, 0.15) is 17.7 Å². The Hall–Kier alpha value is -3.37. The molecule has 0 atom stereocenters. The van der Waals surface area contributed by atoms with Crippen molar-refractivity contribution in [2.75, 3.05) is 11.4 Å². The number of hydrogen-bond acceptors (Lipinski definition) is 4. The van der Waals surface area contributed by atoms with Crippen LogP contribution in [-0.2, 0) is 0 Å². The van der Waals surface area contributed by atoms with Crippen LogP contribution in [0.15, 0.2) is 72.4 Å². The van der Waals surface area contributed by atoms with Gasteiger partial charge in [-0.1, -0.05) is 48.5 Å². The van der Waals surface area contributed by atoms with Crippen LogP contribution >= 0.6 is 0 Å². The molecule has 0 saturated heterocycles. The molecule has 0 bridgehead atoms. The molecule has 2 aromatic carbocycles. The van der Waals surface area contributed by atoms with Gasteiger partial charge >= 0.3 is 0 Å². The number of para-hydroxylation sites is 1. The lowest BCUT2D eigenvalue weighted by molar-refractivity contribution is 0.100. The predicted octanol–water partition coefficient (Wildman–Crippen LogP) is 3.31. The Labute approximate surface area is 129 Å². The average molecular weight is 287 g/mol. The molecule has 4 nitrogen and oxygen atoms in total. The number of ketones is 1. The molecule has 0 fully saturated rings. The van der Waals surface area contributed by atoms with Gasteiger partial charge in [-0.25, -0.2) is 0 Å². The molecule has 0 saturated carbocycles. The van der Waals surface area contributed by atoms with Crippen molar-refractivity contribution < 1.29 is 4.79 Å². The van der Waals surface area contributed by atoms with E-state index < -0.39 is 0 Å². The predicted molar refractivity (Wildman–Crippen MR) is 83.9 cm³/mol. The van der Waals surface area contributed by atoms with E-state index in [1.807, 2.05) is 48.5 Å². The van der Waals surface area contributed by atoms with Crippen LogP contribution in [0.4, 0.5) is 5.69 Å². The first-order valence-corrected chi connectivity index (χ1v) is 6.66. The molecule has 0 aromatic heterocycles. The van der Waals surface area contributed by atoms with Crippen molar-refractivity contribution in [1.29, 1.82) is 10.5 Å². The van der Waals surface area contributed by atoms with Gasteiger partial charge < -0.3 is 4.90 Å². The topological polar surface area (TPSA) is 67.9 Å². The Bertz CT molecular complexity index is 736. The molecule has 2 rings (SSSR count). The maximum atomic E-state index is 12.3. The highest BCUT2D eigenvalue weighted by Crippen LogP contribution is 2.16. The third kappa shape index (κ3) is 3.82. The number of benzene rings is 2. The Morgan fingerprint density at radius 1 is 0.955 bits per heavy atom. The van der Waals surface area contributed by atoms with Gasteiger partial charge in [0.05, 0.1) is 6.54 Å². The lowest BCUT2D eigenvalue weighted by Crippen LogP contribution is -2.25. The minimum Gasteiger partial charge on any atom is -0.338 e. The first kappa shape index (κ1) is 15.0. The second-order valence-corrected chi connectivity index (χ2v) is 4.52. The Morgan fingerprint density at radius 2 is 1.50 bits per heavy atom. The van der Waals surface area contributed by atoms with Crippen molar-refractivity contribution in [1.82, 2.24) is 0 Å². The first-order chi connectivity index (χ1) is 10.7. The summed E-state index contributed by atoms with van der Waals surface area (Å²) < 4.78 is 0. The highest BCUT2D eigenvalue weighted by Gasteiger charge is 2.12. The summed E-state index contributed by atoms with van der Waals surface area (Å²) in [7, 11) is 0. The summed E-state index contributed by atoms with van der Waals surface area (Å²) in [5, 5.41) is 17.8. The van der Waals surface area contributed by atoms with Crippen LogP contribution in [0.3, 0.4) is 0 Å². The van der Waals surface area contributed by atoms with Crippen molar-refractivity contribution in [2.45, 2.75) is 0 Å². The van der Waals surface area contributed by atoms with Crippen LogP contribution in [0.5, 0.6) is 0 Å². The smallest absolute Gasteiger partial charge is 0.182 e. The minimum absolute atomic E-state index is 0.0512. The first-order valence-electron chi connectivity index (χ1n) is 6.66. The van der Waals surface area contributed by atoms with Gasteiger partial charge in [0, 0.05) is 17.5 Å². The molecule has 0 heterocycles. The number of carbonyl (C=O) groups excluding carboxylic acids is 1. The van der Waals surface area contributed by atoms with Crippen molar-refractivity contribution in [3.63, 3.8) is 0 Å². The van der Waals surface area contributed by atoms with E-state index in [2.05, 4.69) is 0 Å². The molecule has 2 aromatic rings. The number of nitrogens with zero attached hydrogens (tertiary/aromatic N) is 3. The van der Waals surface area contributed by atoms with E-state index in [0.717, 1.165) is 5.69 Å². The highest BCUT2D eigenvalue weighted by molar-refractivity contribution is 5.99. The number of hydrogen-bond donors (Lipinski definition) is 0. The maximum Gasteiger partial charge on any atom is 0.182 e. The lowest BCUT2D eigenvalue weighted by atomic mass is 10.1. The van der Waals surface area contributed by atoms with Crippen molar-refractivity contribution in [3.8, 4) is 12.1 Å². The van der Waals surface area contributed by atoms with Crippen molar-refractivity contribution >= 4 is 11.5 Å². The summed E-state index contributed by atoms with van der Waals surface area (Å²) in [5.41, 5.74) is 1.28. The summed E-state index contributed by atoms with van der Waals surface area (Å²) in [6, 6.07) is 21.7. The Morgan fingerprint density at radius 3 is 2.05 bits per heavy atom. The van der Waals surface area contributed by atoms with Crippen LogP contribution in [0.1, 0.15) is 10.4 Å². The normalized spacial score (nSPS) is 9.18. The standard InChI is InChI=1S/C18H13N3O/c19-11-15(12-20)13-21(17-9-5-2-6-10-17)14-18(22)16-7-3-1-4-8-16/h1-10,13H,14H2. The fourth-order valence-corrected chi connectivity index (χ4v) is 1.94. The van der Waals surface area contributed by atoms with Crippen molar-refractivity contribution in [3.05, 3.63) is 78.0 Å². The summed E-state index contributed by atoms with van der Waals surface area (Å²) in [6.07, 6.45) is 1.40. The second-order valence-electron chi connectivity index (χ2n) is 4.52. The molecule has 4 heteroatoms. The van der Waals surface area contributed by atoms with E-state index >= 15 is 0 Å². The molecule has 0 aliphatic rings. The van der Waals surface area contributed by atoms with Crippen LogP contribution in [0, 0.1) is 22.7 Å². The van der Waals surface area contributed by atoms with E-state index in [0.29, 0.717) is 5.56 Å². The molecule has 0 N–H and O–H groups in total. The van der Waals surface area contributed by atoms with E-state index in [9.17, 15) is 4.79 Å². The molecule has 0 spiro atoms. The number of carbonyl (C=O) groups is 1. The summed E-state index contributed by atoms with van der Waals surface area (Å²) in [4.78, 5) is 14.0. The van der Waals surface area contributed by atoms with Gasteiger partial charge in [0.2, 0.25) is 0 Å². The van der Waals surface area contributed by atoms with Gasteiger partial charge in [0.15, 0.2) is 5.78 Å². The Balaban J connectivity index is 2.30. The lowest BCUT2D eigenvalue weighted by Gasteiger charge is -2.19. The zero-order chi connectivity index (χ0) is 15.8. The SMILES string of the molecule is N#CC(C#N)=CN(CC(=O)c1ccccc1)c1ccccc1. The van der Waals surface area contributed by atoms with E-state index in [1.165, 1.54) is 6.20 Å². The van der Waals surface area contributed by atoms with Gasteiger partial charge in [-0.2, -0.15) is 10.5 Å². The van der Waals surface area contributed by atoms with Gasteiger partial charge in [-0.05, 0) is 12.1 Å². The number of rotatable bonds is 5. The molecule has 22 heavy (non-hydrogen) atoms. The highest BCUT2D eigenvalue weighted by atomic mass is 16.1. The third-order valence-electron chi connectivity index (χ3n) is 3.02. The molecule has 0 aliphatic heterocycles. The fraction of sp³-hybridized carbons (Fsp3) is 0.0556. The van der Waals surface area contributed by atoms with Crippen LogP contribution in [0.25, 0.3) is 0 Å². The molecule has 0 unspecified atom stereocenters. The largest absolute Gasteiger partial charge is 0.338 e. The molecular weight excluding hydrogens is 274 g/mol. The zero-order valence-electron chi connectivity index (χ0n) is 11.8. The van der Waals surface area contributed by atoms with Crippen molar-refractivity contribution in [2.24, 2.45) is 0 Å².